The Labute approximate surface area is 102 Å². The summed E-state index contributed by atoms with van der Waals surface area (Å²) in [6, 6.07) is 0. The summed E-state index contributed by atoms with van der Waals surface area (Å²) in [6.45, 7) is -0.201. The van der Waals surface area contributed by atoms with Gasteiger partial charge in [-0.1, -0.05) is 11.6 Å². The van der Waals surface area contributed by atoms with Crippen molar-refractivity contribution in [1.82, 2.24) is 9.55 Å². The van der Waals surface area contributed by atoms with E-state index in [0.717, 1.165) is 0 Å². The van der Waals surface area contributed by atoms with Gasteiger partial charge in [0.2, 0.25) is 5.62 Å². The Morgan fingerprint density at radius 3 is 2.94 bits per heavy atom. The molecular weight excluding hydrogens is 250 g/mol. The third-order valence-electron chi connectivity index (χ3n) is 2.38. The van der Waals surface area contributed by atoms with Gasteiger partial charge in [-0.05, 0) is 0 Å². The van der Waals surface area contributed by atoms with Gasteiger partial charge in [0.25, 0.3) is 0 Å². The molecule has 0 bridgehead atoms. The zero-order valence-electron chi connectivity index (χ0n) is 8.73. The van der Waals surface area contributed by atoms with Crippen molar-refractivity contribution in [3.63, 3.8) is 0 Å². The third-order valence-corrected chi connectivity index (χ3v) is 2.67. The van der Waals surface area contributed by atoms with Crippen molar-refractivity contribution < 1.29 is 15.4 Å². The number of hydroxylamine groups is 1. The van der Waals surface area contributed by atoms with E-state index in [4.69, 9.17) is 22.4 Å². The fraction of sp³-hybridized carbons (Fsp3) is 0.500. The summed E-state index contributed by atoms with van der Waals surface area (Å²) in [6.07, 6.45) is 0.368. The minimum Gasteiger partial charge on any atom is -0.396 e. The van der Waals surface area contributed by atoms with Crippen molar-refractivity contribution in [2.45, 2.75) is 18.3 Å². The Hall–Kier alpha value is -1.35. The molecule has 0 saturated carbocycles. The molecule has 17 heavy (non-hydrogen) atoms. The molecule has 0 spiro atoms. The molecule has 1 aliphatic heterocycles. The Bertz CT molecular complexity index is 448. The second-order valence-corrected chi connectivity index (χ2v) is 3.88. The number of aliphatic hydroxyl groups is 2. The van der Waals surface area contributed by atoms with E-state index in [0.29, 0.717) is 5.06 Å². The molecule has 94 valence electrons. The van der Waals surface area contributed by atoms with Crippen LogP contribution in [0.25, 0.3) is 0 Å². The molecule has 2 unspecified atom stereocenters. The van der Waals surface area contributed by atoms with E-state index in [1.807, 2.05) is 0 Å². The lowest BCUT2D eigenvalue weighted by Crippen LogP contribution is -2.37. The molecule has 0 aromatic carbocycles. The van der Waals surface area contributed by atoms with E-state index in [-0.39, 0.29) is 30.4 Å². The molecule has 2 rings (SSSR count). The summed E-state index contributed by atoms with van der Waals surface area (Å²) < 4.78 is 1.27. The van der Waals surface area contributed by atoms with Gasteiger partial charge in [-0.15, -0.1) is 0 Å². The normalized spacial score (nSPS) is 21.1. The van der Waals surface area contributed by atoms with Crippen LogP contribution in [0.5, 0.6) is 0 Å². The van der Waals surface area contributed by atoms with Gasteiger partial charge in [0.05, 0.1) is 6.33 Å². The summed E-state index contributed by atoms with van der Waals surface area (Å²) in [5.74, 6) is 0.235. The van der Waals surface area contributed by atoms with Crippen LogP contribution in [-0.2, 0) is 0 Å². The van der Waals surface area contributed by atoms with Crippen molar-refractivity contribution in [3.05, 3.63) is 12.0 Å². The molecule has 0 fully saturated rings. The van der Waals surface area contributed by atoms with Gasteiger partial charge >= 0.3 is 0 Å². The molecule has 1 aromatic heterocycles. The summed E-state index contributed by atoms with van der Waals surface area (Å²) in [5.41, 5.74) is 4.77. The van der Waals surface area contributed by atoms with Crippen LogP contribution in [0.15, 0.2) is 11.3 Å². The predicted molar refractivity (Wildman–Crippen MR) is 59.8 cm³/mol. The Morgan fingerprint density at radius 2 is 2.29 bits per heavy atom. The smallest absolute Gasteiger partial charge is 0.224 e. The van der Waals surface area contributed by atoms with Gasteiger partial charge in [0.1, 0.15) is 11.9 Å². The number of rotatable bonds is 3. The number of aromatic nitrogens is 2. The van der Waals surface area contributed by atoms with Crippen molar-refractivity contribution in [1.29, 1.82) is 0 Å². The average molecular weight is 262 g/mol. The number of alkyl halides is 1. The van der Waals surface area contributed by atoms with E-state index in [1.165, 1.54) is 10.9 Å². The number of hydrogen-bond acceptors (Lipinski definition) is 7. The first kappa shape index (κ1) is 12.1. The minimum atomic E-state index is -1.07. The van der Waals surface area contributed by atoms with Gasteiger partial charge in [0.15, 0.2) is 11.7 Å². The molecule has 0 saturated heterocycles. The van der Waals surface area contributed by atoms with Crippen LogP contribution in [-0.4, -0.2) is 43.0 Å². The maximum absolute atomic E-state index is 9.76. The van der Waals surface area contributed by atoms with Gasteiger partial charge in [-0.25, -0.2) is 9.98 Å². The molecule has 1 aliphatic rings. The average Bonchev–Trinajstić information content (AvgIpc) is 2.71. The number of nitrogens with two attached hydrogens (primary N) is 1. The highest BCUT2D eigenvalue weighted by Crippen LogP contribution is 2.29. The van der Waals surface area contributed by atoms with Crippen LogP contribution >= 0.6 is 11.6 Å². The molecular formula is C8H12ClN5O3. The maximum atomic E-state index is 9.76. The molecule has 0 amide bonds. The summed E-state index contributed by atoms with van der Waals surface area (Å²) in [5, 5.41) is 28.9. The lowest BCUT2D eigenvalue weighted by Gasteiger charge is -2.26. The van der Waals surface area contributed by atoms with E-state index < -0.39 is 11.9 Å². The van der Waals surface area contributed by atoms with Gasteiger partial charge in [0, 0.05) is 13.0 Å². The van der Waals surface area contributed by atoms with Crippen LogP contribution in [0, 0.1) is 0 Å². The molecule has 2 atom stereocenters. The number of hydrogen-bond donors (Lipinski definition) is 4. The van der Waals surface area contributed by atoms with Crippen molar-refractivity contribution in [2.24, 2.45) is 10.7 Å². The Kier molecular flexibility index (Phi) is 3.20. The topological polar surface area (TPSA) is 120 Å². The molecule has 5 N–H and O–H groups in total. The highest BCUT2D eigenvalue weighted by Gasteiger charge is 2.30. The number of nitrogens with zero attached hydrogens (tertiary/aromatic N) is 4. The highest BCUT2D eigenvalue weighted by molar-refractivity contribution is 6.23. The van der Waals surface area contributed by atoms with Crippen molar-refractivity contribution >= 4 is 23.3 Å². The lowest BCUT2D eigenvalue weighted by molar-refractivity contribution is 0.0703. The van der Waals surface area contributed by atoms with Gasteiger partial charge in [-0.2, -0.15) is 5.06 Å². The van der Waals surface area contributed by atoms with E-state index >= 15 is 0 Å². The van der Waals surface area contributed by atoms with Crippen LogP contribution in [0.2, 0.25) is 0 Å². The van der Waals surface area contributed by atoms with Crippen LogP contribution < -0.4 is 10.8 Å². The Morgan fingerprint density at radius 1 is 1.59 bits per heavy atom. The lowest BCUT2D eigenvalue weighted by atomic mass is 10.3. The second-order valence-electron chi connectivity index (χ2n) is 3.49. The summed E-state index contributed by atoms with van der Waals surface area (Å²) in [4.78, 5) is 7.68. The minimum absolute atomic E-state index is 0.0836. The summed E-state index contributed by atoms with van der Waals surface area (Å²) in [7, 11) is 0. The van der Waals surface area contributed by atoms with Crippen LogP contribution in [0.3, 0.4) is 0 Å². The third kappa shape index (κ3) is 1.95. The molecule has 0 radical (unpaired) electrons. The second kappa shape index (κ2) is 4.49. The first-order valence-electron chi connectivity index (χ1n) is 4.87. The van der Waals surface area contributed by atoms with Gasteiger partial charge < -0.3 is 15.9 Å². The molecule has 0 aliphatic carbocycles. The maximum Gasteiger partial charge on any atom is 0.224 e. The number of amidine groups is 1. The first-order chi connectivity index (χ1) is 8.06. The van der Waals surface area contributed by atoms with Gasteiger partial charge in [-0.3, -0.25) is 9.77 Å². The molecule has 1 aromatic rings. The largest absolute Gasteiger partial charge is 0.396 e. The SMILES string of the molecule is NC1=NC(Cl)N(O)c2c1ncn2C(O)CCO. The number of aliphatic imine (C=N–C) groups is 1. The predicted octanol–water partition coefficient (Wildman–Crippen LogP) is -0.807. The van der Waals surface area contributed by atoms with E-state index in [1.54, 1.807) is 0 Å². The zero-order valence-corrected chi connectivity index (χ0v) is 9.49. The molecule has 9 heteroatoms. The standard InChI is InChI=1S/C8H12ClN5O3/c9-8-12-6(10)5-7(14(8)17)13(3-11-5)4(16)1-2-15/h3-4,8,15-17H,1-2H2,(H2,10,12). The Balaban J connectivity index is 2.43. The molecule has 2 heterocycles. The first-order valence-corrected chi connectivity index (χ1v) is 5.31. The van der Waals surface area contributed by atoms with E-state index in [9.17, 15) is 10.3 Å². The monoisotopic (exact) mass is 261 g/mol. The quantitative estimate of drug-likeness (QED) is 0.417. The number of fused-ring (bicyclic) bond motifs is 1. The van der Waals surface area contributed by atoms with Crippen LogP contribution in [0.1, 0.15) is 18.3 Å². The number of aliphatic hydroxyl groups excluding tert-OH is 2. The van der Waals surface area contributed by atoms with Crippen LogP contribution in [0.4, 0.5) is 5.82 Å². The number of halogens is 1. The van der Waals surface area contributed by atoms with Crippen molar-refractivity contribution in [3.8, 4) is 0 Å². The molecule has 8 nitrogen and oxygen atoms in total. The zero-order chi connectivity index (χ0) is 12.6. The highest BCUT2D eigenvalue weighted by atomic mass is 35.5. The van der Waals surface area contributed by atoms with Crippen molar-refractivity contribution in [2.75, 3.05) is 11.7 Å². The number of anilines is 1. The van der Waals surface area contributed by atoms with E-state index in [2.05, 4.69) is 9.98 Å². The fourth-order valence-corrected chi connectivity index (χ4v) is 1.76. The summed E-state index contributed by atoms with van der Waals surface area (Å²) >= 11 is 5.74. The fourth-order valence-electron chi connectivity index (χ4n) is 1.57. The number of imidazole rings is 1.